The Balaban J connectivity index is 1.17. The maximum absolute atomic E-state index is 13.1. The molecule has 37 heavy (non-hydrogen) atoms. The molecule has 0 aliphatic carbocycles. The summed E-state index contributed by atoms with van der Waals surface area (Å²) < 4.78 is 11.1. The molecule has 0 radical (unpaired) electrons. The third kappa shape index (κ3) is 5.85. The minimum Gasteiger partial charge on any atom is -0.497 e. The minimum atomic E-state index is -0.232. The molecule has 0 saturated carbocycles. The number of ether oxygens (including phenoxy) is 2. The summed E-state index contributed by atoms with van der Waals surface area (Å²) >= 11 is 0. The van der Waals surface area contributed by atoms with Gasteiger partial charge in [0.25, 0.3) is 5.91 Å². The largest absolute Gasteiger partial charge is 0.497 e. The van der Waals surface area contributed by atoms with Crippen LogP contribution >= 0.6 is 0 Å². The number of nitrogens with zero attached hydrogens (tertiary/aromatic N) is 3. The van der Waals surface area contributed by atoms with Crippen LogP contribution < -0.4 is 14.8 Å². The molecule has 5 aromatic rings. The van der Waals surface area contributed by atoms with Crippen molar-refractivity contribution in [1.82, 2.24) is 14.9 Å². The number of rotatable bonds is 9. The average molecular weight is 493 g/mol. The van der Waals surface area contributed by atoms with Gasteiger partial charge in [-0.1, -0.05) is 30.3 Å². The number of anilines is 1. The molecule has 0 aliphatic rings. The Kier molecular flexibility index (Phi) is 7.23. The lowest BCUT2D eigenvalue weighted by Crippen LogP contribution is -2.23. The predicted molar refractivity (Wildman–Crippen MR) is 146 cm³/mol. The third-order valence-electron chi connectivity index (χ3n) is 6.08. The van der Waals surface area contributed by atoms with Gasteiger partial charge in [-0.15, -0.1) is 0 Å². The molecule has 4 aromatic carbocycles. The maximum Gasteiger partial charge on any atom is 0.257 e. The zero-order valence-corrected chi connectivity index (χ0v) is 20.8. The Labute approximate surface area is 215 Å². The van der Waals surface area contributed by atoms with Gasteiger partial charge in [-0.05, 0) is 73.3 Å². The van der Waals surface area contributed by atoms with Crippen LogP contribution in [0.4, 0.5) is 5.69 Å². The first-order valence-corrected chi connectivity index (χ1v) is 12.1. The number of hydrogen-bond acceptors (Lipinski definition) is 6. The van der Waals surface area contributed by atoms with Crippen LogP contribution in [-0.2, 0) is 6.54 Å². The molecule has 7 nitrogen and oxygen atoms in total. The zero-order valence-electron chi connectivity index (χ0n) is 20.8. The Morgan fingerprint density at radius 1 is 0.811 bits per heavy atom. The van der Waals surface area contributed by atoms with Gasteiger partial charge >= 0.3 is 0 Å². The second kappa shape index (κ2) is 11.1. The van der Waals surface area contributed by atoms with E-state index < -0.39 is 0 Å². The SMILES string of the molecule is COc1ccc(CN(C)CCOc2ccc(NC(=O)c3cccc4nc5ccccc5nc34)cc2)cc1. The van der Waals surface area contributed by atoms with E-state index in [0.29, 0.717) is 28.9 Å². The van der Waals surface area contributed by atoms with Crippen molar-refractivity contribution in [2.24, 2.45) is 0 Å². The highest BCUT2D eigenvalue weighted by atomic mass is 16.5. The number of likely N-dealkylation sites (N-methyl/N-ethyl adjacent to an activating group) is 1. The highest BCUT2D eigenvalue weighted by Gasteiger charge is 2.13. The number of para-hydroxylation sites is 3. The second-order valence-corrected chi connectivity index (χ2v) is 8.80. The van der Waals surface area contributed by atoms with Crippen molar-refractivity contribution in [3.05, 3.63) is 102 Å². The standard InChI is InChI=1S/C30H28N4O3/c1-34(20-21-10-14-23(36-2)15-11-21)18-19-37-24-16-12-22(13-17-24)31-30(35)25-6-5-9-28-29(25)33-27-8-4-3-7-26(27)32-28/h3-17H,18-20H2,1-2H3,(H,31,35). The monoisotopic (exact) mass is 492 g/mol. The molecule has 0 saturated heterocycles. The van der Waals surface area contributed by atoms with Crippen LogP contribution in [0.15, 0.2) is 91.0 Å². The van der Waals surface area contributed by atoms with Crippen molar-refractivity contribution in [2.75, 3.05) is 32.6 Å². The lowest BCUT2D eigenvalue weighted by Gasteiger charge is -2.17. The fraction of sp³-hybridized carbons (Fsp3) is 0.167. The lowest BCUT2D eigenvalue weighted by atomic mass is 10.1. The van der Waals surface area contributed by atoms with Gasteiger partial charge in [-0.3, -0.25) is 9.69 Å². The van der Waals surface area contributed by atoms with E-state index in [-0.39, 0.29) is 5.91 Å². The van der Waals surface area contributed by atoms with Crippen LogP contribution in [0.25, 0.3) is 22.1 Å². The Morgan fingerprint density at radius 3 is 2.22 bits per heavy atom. The molecule has 7 heteroatoms. The van der Waals surface area contributed by atoms with E-state index in [1.54, 1.807) is 13.2 Å². The Morgan fingerprint density at radius 2 is 1.49 bits per heavy atom. The summed E-state index contributed by atoms with van der Waals surface area (Å²) in [5, 5.41) is 2.96. The molecule has 5 rings (SSSR count). The molecule has 0 fully saturated rings. The van der Waals surface area contributed by atoms with Crippen molar-refractivity contribution in [3.8, 4) is 11.5 Å². The van der Waals surface area contributed by atoms with Gasteiger partial charge in [-0.25, -0.2) is 9.97 Å². The first-order chi connectivity index (χ1) is 18.1. The number of fused-ring (bicyclic) bond motifs is 2. The van der Waals surface area contributed by atoms with Crippen LogP contribution in [0.2, 0.25) is 0 Å². The molecule has 0 unspecified atom stereocenters. The summed E-state index contributed by atoms with van der Waals surface area (Å²) in [5.41, 5.74) is 5.20. The van der Waals surface area contributed by atoms with Gasteiger partial charge in [0.05, 0.1) is 29.2 Å². The van der Waals surface area contributed by atoms with Crippen molar-refractivity contribution >= 4 is 33.7 Å². The van der Waals surface area contributed by atoms with Crippen molar-refractivity contribution in [1.29, 1.82) is 0 Å². The predicted octanol–water partition coefficient (Wildman–Crippen LogP) is 5.55. The quantitative estimate of drug-likeness (QED) is 0.272. The number of nitrogens with one attached hydrogen (secondary N) is 1. The Bertz CT molecular complexity index is 1520. The van der Waals surface area contributed by atoms with Gasteiger partial charge in [0.1, 0.15) is 23.6 Å². The van der Waals surface area contributed by atoms with Crippen molar-refractivity contribution in [3.63, 3.8) is 0 Å². The summed E-state index contributed by atoms with van der Waals surface area (Å²) in [7, 11) is 3.73. The number of hydrogen-bond donors (Lipinski definition) is 1. The average Bonchev–Trinajstić information content (AvgIpc) is 2.93. The number of carbonyl (C=O) groups excluding carboxylic acids is 1. The number of aromatic nitrogens is 2. The van der Waals surface area contributed by atoms with Crippen LogP contribution in [0.5, 0.6) is 11.5 Å². The molecule has 1 aromatic heterocycles. The molecule has 1 N–H and O–H groups in total. The summed E-state index contributed by atoms with van der Waals surface area (Å²) in [6.45, 7) is 2.16. The molecule has 0 aliphatic heterocycles. The van der Waals surface area contributed by atoms with Gasteiger partial charge in [0, 0.05) is 18.8 Å². The van der Waals surface area contributed by atoms with E-state index in [4.69, 9.17) is 9.47 Å². The molecule has 186 valence electrons. The second-order valence-electron chi connectivity index (χ2n) is 8.80. The molecular formula is C30H28N4O3. The first-order valence-electron chi connectivity index (χ1n) is 12.1. The summed E-state index contributed by atoms with van der Waals surface area (Å²) in [4.78, 5) is 24.6. The normalized spacial score (nSPS) is 11.1. The number of benzene rings is 4. The smallest absolute Gasteiger partial charge is 0.257 e. The topological polar surface area (TPSA) is 76.6 Å². The van der Waals surface area contributed by atoms with Gasteiger partial charge in [-0.2, -0.15) is 0 Å². The molecule has 1 heterocycles. The first kappa shape index (κ1) is 24.2. The third-order valence-corrected chi connectivity index (χ3v) is 6.08. The van der Waals surface area contributed by atoms with Gasteiger partial charge in [0.2, 0.25) is 0 Å². The van der Waals surface area contributed by atoms with Crippen LogP contribution in [-0.4, -0.2) is 48.1 Å². The van der Waals surface area contributed by atoms with E-state index in [9.17, 15) is 4.79 Å². The molecule has 0 bridgehead atoms. The van der Waals surface area contributed by atoms with Gasteiger partial charge < -0.3 is 14.8 Å². The van der Waals surface area contributed by atoms with Crippen LogP contribution in [0.1, 0.15) is 15.9 Å². The van der Waals surface area contributed by atoms with Crippen molar-refractivity contribution < 1.29 is 14.3 Å². The van der Waals surface area contributed by atoms with Crippen LogP contribution in [0.3, 0.4) is 0 Å². The zero-order chi connectivity index (χ0) is 25.6. The highest BCUT2D eigenvalue weighted by molar-refractivity contribution is 6.12. The number of methoxy groups -OCH3 is 1. The van der Waals surface area contributed by atoms with Crippen LogP contribution in [0, 0.1) is 0 Å². The fourth-order valence-corrected chi connectivity index (χ4v) is 4.10. The van der Waals surface area contributed by atoms with E-state index in [2.05, 4.69) is 39.4 Å². The molecule has 0 spiro atoms. The minimum absolute atomic E-state index is 0.232. The molecule has 0 atom stereocenters. The maximum atomic E-state index is 13.1. The van der Waals surface area contributed by atoms with E-state index >= 15 is 0 Å². The summed E-state index contributed by atoms with van der Waals surface area (Å²) in [6, 6.07) is 28.5. The van der Waals surface area contributed by atoms with E-state index in [0.717, 1.165) is 35.6 Å². The highest BCUT2D eigenvalue weighted by Crippen LogP contribution is 2.22. The van der Waals surface area contributed by atoms with E-state index in [1.165, 1.54) is 5.56 Å². The Hall–Kier alpha value is -4.49. The van der Waals surface area contributed by atoms with E-state index in [1.807, 2.05) is 72.8 Å². The molecular weight excluding hydrogens is 464 g/mol. The van der Waals surface area contributed by atoms with Gasteiger partial charge in [0.15, 0.2) is 0 Å². The fourth-order valence-electron chi connectivity index (χ4n) is 4.10. The summed E-state index contributed by atoms with van der Waals surface area (Å²) in [5.74, 6) is 1.37. The number of amides is 1. The van der Waals surface area contributed by atoms with Crippen molar-refractivity contribution in [2.45, 2.75) is 6.54 Å². The summed E-state index contributed by atoms with van der Waals surface area (Å²) in [6.07, 6.45) is 0. The number of carbonyl (C=O) groups is 1. The molecule has 1 amide bonds. The lowest BCUT2D eigenvalue weighted by molar-refractivity contribution is 0.102.